The van der Waals surface area contributed by atoms with Crippen molar-refractivity contribution < 1.29 is 14.4 Å². The molecule has 4 amide bonds. The number of amides is 4. The molecule has 0 radical (unpaired) electrons. The number of hydrogen-bond acceptors (Lipinski definition) is 4. The lowest BCUT2D eigenvalue weighted by Gasteiger charge is -2.14. The highest BCUT2D eigenvalue weighted by molar-refractivity contribution is 6.39. The average Bonchev–Trinajstić information content (AvgIpc) is 3.47. The van der Waals surface area contributed by atoms with Crippen LogP contribution >= 0.6 is 0 Å². The van der Waals surface area contributed by atoms with Gasteiger partial charge in [-0.1, -0.05) is 54.6 Å². The molecule has 0 spiro atoms. The minimum Gasteiger partial charge on any atom is -0.344 e. The van der Waals surface area contributed by atoms with Gasteiger partial charge >= 0.3 is 17.8 Å². The van der Waals surface area contributed by atoms with Gasteiger partial charge in [-0.05, 0) is 23.6 Å². The molecule has 4 rings (SSSR count). The first kappa shape index (κ1) is 22.1. The number of anilines is 1. The van der Waals surface area contributed by atoms with Crippen molar-refractivity contribution in [2.24, 2.45) is 0 Å². The van der Waals surface area contributed by atoms with Crippen LogP contribution in [0.2, 0.25) is 0 Å². The Balaban J connectivity index is 1.26. The summed E-state index contributed by atoms with van der Waals surface area (Å²) in [6, 6.07) is 19.0. The van der Waals surface area contributed by atoms with E-state index in [1.807, 2.05) is 61.5 Å². The molecular formula is C24H26N6O3. The van der Waals surface area contributed by atoms with Gasteiger partial charge in [-0.3, -0.25) is 14.3 Å². The van der Waals surface area contributed by atoms with E-state index in [1.54, 1.807) is 21.8 Å². The van der Waals surface area contributed by atoms with Gasteiger partial charge in [0, 0.05) is 38.4 Å². The number of carbonyl (C=O) groups excluding carboxylic acids is 3. The number of carbonyl (C=O) groups is 3. The molecule has 33 heavy (non-hydrogen) atoms. The van der Waals surface area contributed by atoms with E-state index in [4.69, 9.17) is 0 Å². The largest absolute Gasteiger partial charge is 0.344 e. The van der Waals surface area contributed by atoms with Gasteiger partial charge in [-0.15, -0.1) is 0 Å². The van der Waals surface area contributed by atoms with Crippen molar-refractivity contribution in [3.63, 3.8) is 0 Å². The predicted molar refractivity (Wildman–Crippen MR) is 123 cm³/mol. The second-order valence-electron chi connectivity index (χ2n) is 7.87. The monoisotopic (exact) mass is 446 g/mol. The van der Waals surface area contributed by atoms with Crippen molar-refractivity contribution in [1.82, 2.24) is 25.3 Å². The normalized spacial score (nSPS) is 14.0. The Morgan fingerprint density at radius 2 is 1.76 bits per heavy atom. The van der Waals surface area contributed by atoms with E-state index < -0.39 is 11.8 Å². The van der Waals surface area contributed by atoms with Crippen LogP contribution in [0.1, 0.15) is 29.7 Å². The summed E-state index contributed by atoms with van der Waals surface area (Å²) in [5, 5.41) is 12.3. The topological polar surface area (TPSA) is 108 Å². The first-order chi connectivity index (χ1) is 16.0. The molecule has 1 atom stereocenters. The van der Waals surface area contributed by atoms with Gasteiger partial charge in [0.05, 0.1) is 6.04 Å². The molecule has 3 aromatic rings. The van der Waals surface area contributed by atoms with Crippen LogP contribution in [0.3, 0.4) is 0 Å². The molecule has 2 aromatic carbocycles. The molecule has 170 valence electrons. The molecule has 0 aliphatic carbocycles. The summed E-state index contributed by atoms with van der Waals surface area (Å²) in [5.74, 6) is -1.20. The molecule has 1 saturated heterocycles. The van der Waals surface area contributed by atoms with Crippen LogP contribution in [0, 0.1) is 0 Å². The summed E-state index contributed by atoms with van der Waals surface area (Å²) < 4.78 is 1.73. The highest BCUT2D eigenvalue weighted by Crippen LogP contribution is 2.18. The van der Waals surface area contributed by atoms with Gasteiger partial charge in [0.1, 0.15) is 0 Å². The average molecular weight is 447 g/mol. The summed E-state index contributed by atoms with van der Waals surface area (Å²) >= 11 is 0. The van der Waals surface area contributed by atoms with Crippen LogP contribution in [-0.4, -0.2) is 45.6 Å². The third-order valence-electron chi connectivity index (χ3n) is 5.53. The van der Waals surface area contributed by atoms with Crippen molar-refractivity contribution in [2.75, 3.05) is 18.4 Å². The molecule has 1 unspecified atom stereocenters. The third-order valence-corrected chi connectivity index (χ3v) is 5.53. The van der Waals surface area contributed by atoms with E-state index >= 15 is 0 Å². The van der Waals surface area contributed by atoms with Crippen LogP contribution in [0.5, 0.6) is 0 Å². The van der Waals surface area contributed by atoms with Gasteiger partial charge in [-0.2, -0.15) is 5.10 Å². The molecule has 1 aliphatic rings. The fourth-order valence-electron chi connectivity index (χ4n) is 3.59. The zero-order valence-electron chi connectivity index (χ0n) is 18.3. The second kappa shape index (κ2) is 9.99. The van der Waals surface area contributed by atoms with Gasteiger partial charge in [0.15, 0.2) is 5.82 Å². The standard InChI is InChI=1S/C24H26N6O3/c1-17(20-5-3-2-4-6-20)30-13-11-21(28-30)27-23(32)22(31)26-15-18-7-9-19(10-8-18)16-29-14-12-25-24(29)33/h2-11,13,17H,12,14-16H2,1H3,(H,25,33)(H,26,31)(H,27,28,32). The minimum absolute atomic E-state index is 0.00602. The zero-order chi connectivity index (χ0) is 23.2. The van der Waals surface area contributed by atoms with E-state index in [0.29, 0.717) is 25.5 Å². The number of aromatic nitrogens is 2. The quantitative estimate of drug-likeness (QED) is 0.484. The van der Waals surface area contributed by atoms with Gasteiger partial charge < -0.3 is 20.9 Å². The van der Waals surface area contributed by atoms with Crippen molar-refractivity contribution in [3.8, 4) is 0 Å². The Morgan fingerprint density at radius 1 is 1.03 bits per heavy atom. The van der Waals surface area contributed by atoms with Crippen LogP contribution < -0.4 is 16.0 Å². The Morgan fingerprint density at radius 3 is 2.45 bits per heavy atom. The smallest absolute Gasteiger partial charge is 0.317 e. The minimum atomic E-state index is -0.774. The third kappa shape index (κ3) is 5.57. The maximum atomic E-state index is 12.2. The van der Waals surface area contributed by atoms with Gasteiger partial charge in [0.25, 0.3) is 0 Å². The number of nitrogens with zero attached hydrogens (tertiary/aromatic N) is 3. The fraction of sp³-hybridized carbons (Fsp3) is 0.250. The summed E-state index contributed by atoms with van der Waals surface area (Å²) in [6.07, 6.45) is 1.76. The summed E-state index contributed by atoms with van der Waals surface area (Å²) in [7, 11) is 0. The Labute approximate surface area is 191 Å². The number of urea groups is 1. The van der Waals surface area contributed by atoms with Crippen molar-refractivity contribution in [1.29, 1.82) is 0 Å². The highest BCUT2D eigenvalue weighted by Gasteiger charge is 2.19. The fourth-order valence-corrected chi connectivity index (χ4v) is 3.59. The lowest BCUT2D eigenvalue weighted by Crippen LogP contribution is -2.35. The number of rotatable bonds is 7. The van der Waals surface area contributed by atoms with Crippen LogP contribution in [-0.2, 0) is 22.7 Å². The Hall–Kier alpha value is -4.14. The molecule has 1 aliphatic heterocycles. The lowest BCUT2D eigenvalue weighted by atomic mass is 10.1. The highest BCUT2D eigenvalue weighted by atomic mass is 16.2. The SMILES string of the molecule is CC(c1ccccc1)n1ccc(NC(=O)C(=O)NCc2ccc(CN3CCNC3=O)cc2)n1. The second-order valence-corrected chi connectivity index (χ2v) is 7.87. The Kier molecular flexibility index (Phi) is 6.68. The molecule has 9 nitrogen and oxygen atoms in total. The number of hydrogen-bond donors (Lipinski definition) is 3. The van der Waals surface area contributed by atoms with Gasteiger partial charge in [0.2, 0.25) is 0 Å². The van der Waals surface area contributed by atoms with Crippen molar-refractivity contribution in [3.05, 3.63) is 83.6 Å². The summed E-state index contributed by atoms with van der Waals surface area (Å²) in [6.45, 7) is 4.12. The van der Waals surface area contributed by atoms with E-state index in [2.05, 4.69) is 21.0 Å². The first-order valence-electron chi connectivity index (χ1n) is 10.8. The van der Waals surface area contributed by atoms with E-state index in [0.717, 1.165) is 16.7 Å². The maximum Gasteiger partial charge on any atom is 0.317 e. The maximum absolute atomic E-state index is 12.2. The van der Waals surface area contributed by atoms with Crippen molar-refractivity contribution in [2.45, 2.75) is 26.1 Å². The Bertz CT molecular complexity index is 1130. The number of benzene rings is 2. The van der Waals surface area contributed by atoms with E-state index in [-0.39, 0.29) is 18.6 Å². The molecule has 0 saturated carbocycles. The lowest BCUT2D eigenvalue weighted by molar-refractivity contribution is -0.136. The van der Waals surface area contributed by atoms with E-state index in [1.165, 1.54) is 0 Å². The molecule has 2 heterocycles. The van der Waals surface area contributed by atoms with E-state index in [9.17, 15) is 14.4 Å². The van der Waals surface area contributed by atoms with Crippen LogP contribution in [0.4, 0.5) is 10.6 Å². The van der Waals surface area contributed by atoms with Crippen LogP contribution in [0.25, 0.3) is 0 Å². The predicted octanol–water partition coefficient (Wildman–Crippen LogP) is 2.27. The molecule has 9 heteroatoms. The first-order valence-corrected chi connectivity index (χ1v) is 10.8. The summed E-state index contributed by atoms with van der Waals surface area (Å²) in [5.41, 5.74) is 2.94. The molecule has 3 N–H and O–H groups in total. The molecule has 1 aromatic heterocycles. The number of nitrogens with one attached hydrogen (secondary N) is 3. The van der Waals surface area contributed by atoms with Crippen LogP contribution in [0.15, 0.2) is 66.9 Å². The summed E-state index contributed by atoms with van der Waals surface area (Å²) in [4.78, 5) is 37.8. The van der Waals surface area contributed by atoms with Crippen molar-refractivity contribution >= 4 is 23.7 Å². The zero-order valence-corrected chi connectivity index (χ0v) is 18.3. The van der Waals surface area contributed by atoms with Gasteiger partial charge in [-0.25, -0.2) is 4.79 Å². The molecular weight excluding hydrogens is 420 g/mol. The molecule has 0 bridgehead atoms. The molecule has 1 fully saturated rings.